The van der Waals surface area contributed by atoms with Crippen molar-refractivity contribution >= 4 is 22.1 Å². The monoisotopic (exact) mass is 931 g/mol. The molecule has 0 aromatic rings. The average molecular weight is 931 g/mol. The molecule has 1 heterocycles. The summed E-state index contributed by atoms with van der Waals surface area (Å²) in [7, 11) is -4.60. The summed E-state index contributed by atoms with van der Waals surface area (Å²) in [5.74, 6) is -1.99. The van der Waals surface area contributed by atoms with Crippen molar-refractivity contribution in [3.63, 3.8) is 0 Å². The van der Waals surface area contributed by atoms with Crippen LogP contribution < -0.4 is 0 Å². The third kappa shape index (κ3) is 35.3. The van der Waals surface area contributed by atoms with Crippen LogP contribution in [0, 0.1) is 0 Å². The molecule has 0 bridgehead atoms. The highest BCUT2D eigenvalue weighted by Crippen LogP contribution is 2.24. The minimum atomic E-state index is -4.60. The first-order valence-corrected chi connectivity index (χ1v) is 27.5. The number of hydrogen-bond acceptors (Lipinski definition) is 11. The van der Waals surface area contributed by atoms with Gasteiger partial charge in [0.25, 0.3) is 10.1 Å². The third-order valence-electron chi connectivity index (χ3n) is 12.0. The minimum Gasteiger partial charge on any atom is -0.462 e. The molecule has 1 rings (SSSR count). The Labute approximate surface area is 389 Å². The summed E-state index contributed by atoms with van der Waals surface area (Å²) in [5, 5.41) is 30.9. The van der Waals surface area contributed by atoms with Crippen molar-refractivity contribution in [1.29, 1.82) is 0 Å². The van der Waals surface area contributed by atoms with Crippen molar-refractivity contribution in [2.75, 3.05) is 19.0 Å². The van der Waals surface area contributed by atoms with Crippen LogP contribution >= 0.6 is 0 Å². The van der Waals surface area contributed by atoms with Crippen LogP contribution in [0.1, 0.15) is 232 Å². The van der Waals surface area contributed by atoms with Crippen LogP contribution in [0.3, 0.4) is 0 Å². The lowest BCUT2D eigenvalue weighted by Gasteiger charge is -2.40. The van der Waals surface area contributed by atoms with Gasteiger partial charge in [-0.25, -0.2) is 0 Å². The van der Waals surface area contributed by atoms with Gasteiger partial charge in [0.05, 0.1) is 6.61 Å². The molecule has 2 unspecified atom stereocenters. The highest BCUT2D eigenvalue weighted by atomic mass is 32.2. The van der Waals surface area contributed by atoms with Gasteiger partial charge in [0.1, 0.15) is 36.8 Å². The molecule has 4 N–H and O–H groups in total. The molecule has 1 aliphatic heterocycles. The van der Waals surface area contributed by atoms with E-state index in [0.717, 1.165) is 64.2 Å². The van der Waals surface area contributed by atoms with Gasteiger partial charge in [-0.05, 0) is 38.5 Å². The number of aliphatic hydroxyl groups excluding tert-OH is 3. The molecule has 13 heteroatoms. The van der Waals surface area contributed by atoms with Crippen molar-refractivity contribution in [2.45, 2.75) is 269 Å². The smallest absolute Gasteiger partial charge is 0.306 e. The van der Waals surface area contributed by atoms with Gasteiger partial charge in [0.2, 0.25) is 0 Å². The first kappa shape index (κ1) is 60.1. The summed E-state index contributed by atoms with van der Waals surface area (Å²) >= 11 is 0. The maximum atomic E-state index is 12.8. The maximum absolute atomic E-state index is 12.8. The first-order chi connectivity index (χ1) is 31.0. The van der Waals surface area contributed by atoms with Gasteiger partial charge < -0.3 is 34.3 Å². The molecule has 0 spiro atoms. The Kier molecular flexibility index (Phi) is 38.8. The lowest BCUT2D eigenvalue weighted by atomic mass is 10.00. The van der Waals surface area contributed by atoms with E-state index in [1.807, 2.05) is 0 Å². The van der Waals surface area contributed by atoms with E-state index in [4.69, 9.17) is 18.9 Å². The van der Waals surface area contributed by atoms with E-state index < -0.39 is 71.2 Å². The molecular formula is C51H94O12S. The second-order valence-electron chi connectivity index (χ2n) is 18.2. The maximum Gasteiger partial charge on any atom is 0.306 e. The fourth-order valence-corrected chi connectivity index (χ4v) is 8.68. The van der Waals surface area contributed by atoms with E-state index in [0.29, 0.717) is 12.8 Å². The summed E-state index contributed by atoms with van der Waals surface area (Å²) in [4.78, 5) is 25.5. The Morgan fingerprint density at radius 3 is 1.42 bits per heavy atom. The Morgan fingerprint density at radius 2 is 0.953 bits per heavy atom. The van der Waals surface area contributed by atoms with E-state index in [2.05, 4.69) is 38.2 Å². The number of esters is 2. The standard InChI is InChI=1S/C51H94O12S/c1-3-5-7-9-11-13-15-17-19-20-21-22-23-24-25-26-28-29-31-33-35-37-39-46(52)60-41-44(42-61-51-50(56)49(55)48(54)45(63-51)43-64(57,58)59)62-47(53)40-38-36-34-32-30-27-18-16-14-12-10-8-6-4-2/h10,12,16,18,44-45,48-51,54-56H,3-9,11,13-15,17,19-43H2,1-2H3,(H,57,58,59)/b12-10+,18-16+/t44-,45-,48-,49?,50?,51+/m1/s1. The van der Waals surface area contributed by atoms with Gasteiger partial charge in [-0.2, -0.15) is 8.42 Å². The summed E-state index contributed by atoms with van der Waals surface area (Å²) < 4.78 is 54.2. The van der Waals surface area contributed by atoms with Crippen LogP contribution in [0.5, 0.6) is 0 Å². The van der Waals surface area contributed by atoms with Crippen molar-refractivity contribution in [3.05, 3.63) is 24.3 Å². The second kappa shape index (κ2) is 41.3. The number of ether oxygens (including phenoxy) is 4. The molecule has 0 radical (unpaired) electrons. The molecule has 0 aromatic heterocycles. The number of carbonyl (C=O) groups is 2. The molecule has 376 valence electrons. The molecule has 0 amide bonds. The summed E-state index contributed by atoms with van der Waals surface area (Å²) in [6.07, 6.45) is 38.0. The summed E-state index contributed by atoms with van der Waals surface area (Å²) in [6.45, 7) is 3.74. The van der Waals surface area contributed by atoms with E-state index in [-0.39, 0.29) is 19.4 Å². The Balaban J connectivity index is 2.33. The van der Waals surface area contributed by atoms with Crippen LogP contribution in [-0.4, -0.2) is 96.0 Å². The molecule has 1 saturated heterocycles. The van der Waals surface area contributed by atoms with Gasteiger partial charge in [-0.15, -0.1) is 0 Å². The number of rotatable bonds is 44. The van der Waals surface area contributed by atoms with Gasteiger partial charge in [-0.3, -0.25) is 14.1 Å². The van der Waals surface area contributed by atoms with Crippen LogP contribution in [0.15, 0.2) is 24.3 Å². The fraction of sp³-hybridized carbons (Fsp3) is 0.882. The first-order valence-electron chi connectivity index (χ1n) is 25.9. The molecule has 1 fully saturated rings. The van der Waals surface area contributed by atoms with Gasteiger partial charge in [-0.1, -0.05) is 205 Å². The average Bonchev–Trinajstić information content (AvgIpc) is 3.26. The Hall–Kier alpha value is -1.87. The highest BCUT2D eigenvalue weighted by molar-refractivity contribution is 7.85. The number of hydrogen-bond donors (Lipinski definition) is 4. The predicted molar refractivity (Wildman–Crippen MR) is 256 cm³/mol. The zero-order valence-corrected chi connectivity index (χ0v) is 41.2. The van der Waals surface area contributed by atoms with E-state index in [1.54, 1.807) is 0 Å². The molecule has 0 aliphatic carbocycles. The molecule has 6 atom stereocenters. The predicted octanol–water partition coefficient (Wildman–Crippen LogP) is 11.6. The Morgan fingerprint density at radius 1 is 0.531 bits per heavy atom. The lowest BCUT2D eigenvalue weighted by Crippen LogP contribution is -2.60. The van der Waals surface area contributed by atoms with Crippen LogP contribution in [0.4, 0.5) is 0 Å². The fourth-order valence-electron chi connectivity index (χ4n) is 7.99. The van der Waals surface area contributed by atoms with Crippen molar-refractivity contribution in [2.24, 2.45) is 0 Å². The van der Waals surface area contributed by atoms with Gasteiger partial charge in [0.15, 0.2) is 12.4 Å². The molecule has 12 nitrogen and oxygen atoms in total. The van der Waals surface area contributed by atoms with Crippen LogP contribution in [0.25, 0.3) is 0 Å². The molecule has 1 aliphatic rings. The van der Waals surface area contributed by atoms with E-state index >= 15 is 0 Å². The summed E-state index contributed by atoms with van der Waals surface area (Å²) in [6, 6.07) is 0. The van der Waals surface area contributed by atoms with Crippen molar-refractivity contribution in [3.8, 4) is 0 Å². The van der Waals surface area contributed by atoms with Crippen LogP contribution in [0.2, 0.25) is 0 Å². The minimum absolute atomic E-state index is 0.151. The number of carbonyl (C=O) groups excluding carboxylic acids is 2. The van der Waals surface area contributed by atoms with E-state index in [1.165, 1.54) is 128 Å². The van der Waals surface area contributed by atoms with Crippen molar-refractivity contribution in [1.82, 2.24) is 0 Å². The molecule has 0 saturated carbocycles. The second-order valence-corrected chi connectivity index (χ2v) is 19.7. The SMILES string of the molecule is CCCC/C=C/C/C=C/CCCCCCCC(=O)O[C@H](COC(=O)CCCCCCCCCCCCCCCCCCCCCCCC)CO[C@H]1O[C@H](CS(=O)(=O)O)[C@@H](O)C(O)C1O. The zero-order valence-electron chi connectivity index (χ0n) is 40.4. The normalized spacial score (nSPS) is 19.8. The molecular weight excluding hydrogens is 837 g/mol. The number of unbranched alkanes of at least 4 members (excludes halogenated alkanes) is 28. The summed E-state index contributed by atoms with van der Waals surface area (Å²) in [5.41, 5.74) is 0. The lowest BCUT2D eigenvalue weighted by molar-refractivity contribution is -0.297. The third-order valence-corrected chi connectivity index (χ3v) is 12.8. The van der Waals surface area contributed by atoms with Gasteiger partial charge in [0, 0.05) is 12.8 Å². The highest BCUT2D eigenvalue weighted by Gasteiger charge is 2.46. The number of aliphatic hydroxyl groups is 3. The zero-order chi connectivity index (χ0) is 46.9. The van der Waals surface area contributed by atoms with Crippen molar-refractivity contribution < 1.29 is 56.8 Å². The number of allylic oxidation sites excluding steroid dienone is 4. The van der Waals surface area contributed by atoms with Gasteiger partial charge >= 0.3 is 11.9 Å². The van der Waals surface area contributed by atoms with Crippen LogP contribution in [-0.2, 0) is 38.7 Å². The molecule has 0 aromatic carbocycles. The molecule has 64 heavy (non-hydrogen) atoms. The quantitative estimate of drug-likeness (QED) is 0.0196. The Bertz CT molecular complexity index is 1270. The topological polar surface area (TPSA) is 186 Å². The van der Waals surface area contributed by atoms with E-state index in [9.17, 15) is 37.9 Å². The largest absolute Gasteiger partial charge is 0.462 e.